The second kappa shape index (κ2) is 16.4. The fourth-order valence-electron chi connectivity index (χ4n) is 8.84. The molecule has 0 amide bonds. The highest BCUT2D eigenvalue weighted by atomic mass is 16.6. The zero-order chi connectivity index (χ0) is 46.7. The zero-order valence-electron chi connectivity index (χ0n) is 36.1. The fourth-order valence-corrected chi connectivity index (χ4v) is 8.84. The summed E-state index contributed by atoms with van der Waals surface area (Å²) in [6.45, 7) is 0. The summed E-state index contributed by atoms with van der Waals surface area (Å²) < 4.78 is 21.8. The first-order valence-corrected chi connectivity index (χ1v) is 20.7. The van der Waals surface area contributed by atoms with E-state index in [0.29, 0.717) is 94.5 Å². The van der Waals surface area contributed by atoms with Crippen molar-refractivity contribution in [1.29, 1.82) is 0 Å². The van der Waals surface area contributed by atoms with E-state index in [2.05, 4.69) is 4.98 Å². The molecule has 6 heterocycles. The molecule has 0 saturated carbocycles. The predicted molar refractivity (Wildman–Crippen MR) is 246 cm³/mol. The number of nitro groups is 1. The molecular formula is C52H35N5O10. The van der Waals surface area contributed by atoms with Crippen molar-refractivity contribution in [3.05, 3.63) is 221 Å². The molecule has 6 bridgehead atoms. The van der Waals surface area contributed by atoms with Gasteiger partial charge in [0.1, 0.15) is 5.56 Å². The highest BCUT2D eigenvalue weighted by molar-refractivity contribution is 6.30. The van der Waals surface area contributed by atoms with Crippen molar-refractivity contribution in [2.75, 3.05) is 28.4 Å². The molecule has 0 saturated heterocycles. The van der Waals surface area contributed by atoms with E-state index in [1.54, 1.807) is 103 Å². The number of aromatic nitrogens is 2. The van der Waals surface area contributed by atoms with Gasteiger partial charge in [0.15, 0.2) is 11.2 Å². The van der Waals surface area contributed by atoms with Crippen LogP contribution in [0.2, 0.25) is 0 Å². The Morgan fingerprint density at radius 1 is 0.522 bits per heavy atom. The van der Waals surface area contributed by atoms with Crippen molar-refractivity contribution in [2.24, 2.45) is 9.98 Å². The van der Waals surface area contributed by atoms with E-state index in [-0.39, 0.29) is 28.0 Å². The maximum atomic E-state index is 13.8. The minimum absolute atomic E-state index is 0.0410. The lowest BCUT2D eigenvalue weighted by atomic mass is 9.96. The largest absolute Gasteiger partial charge is 0.465 e. The van der Waals surface area contributed by atoms with Crippen LogP contribution in [0.25, 0.3) is 39.1 Å². The Bertz CT molecular complexity index is 3630. The number of hydrogen-bond donors (Lipinski definition) is 1. The summed E-state index contributed by atoms with van der Waals surface area (Å²) in [4.78, 5) is 77.7. The SMILES string of the molecule is COC(=O)c1ccc(C2=C3C=CC(=N3)C(c3ccc(C(=O)OC)cc3)=c3ccc([nH]3)=C(c3ccc(C(=O)OC)cc3)C3=C([N+](=O)[O-])c4c(-c5ccc(C(=O)OC)cc5)c5ccc2n5c4=N3)cc1. The molecule has 3 aliphatic rings. The van der Waals surface area contributed by atoms with Crippen molar-refractivity contribution in [1.82, 2.24) is 9.38 Å². The van der Waals surface area contributed by atoms with Crippen LogP contribution < -0.4 is 16.2 Å². The van der Waals surface area contributed by atoms with Crippen LogP contribution in [0.1, 0.15) is 69.4 Å². The van der Waals surface area contributed by atoms with Crippen molar-refractivity contribution in [2.45, 2.75) is 0 Å². The number of fused-ring (bicyclic) bond motifs is 4. The van der Waals surface area contributed by atoms with E-state index >= 15 is 0 Å². The summed E-state index contributed by atoms with van der Waals surface area (Å²) in [6.07, 6.45) is 3.77. The summed E-state index contributed by atoms with van der Waals surface area (Å²) >= 11 is 0. The first-order chi connectivity index (χ1) is 32.5. The van der Waals surface area contributed by atoms with Crippen molar-refractivity contribution >= 4 is 57.5 Å². The van der Waals surface area contributed by atoms with Gasteiger partial charge in [-0.3, -0.25) is 14.5 Å². The lowest BCUT2D eigenvalue weighted by Gasteiger charge is -2.12. The Morgan fingerprint density at radius 2 is 0.970 bits per heavy atom. The van der Waals surface area contributed by atoms with Crippen molar-refractivity contribution in [3.63, 3.8) is 0 Å². The van der Waals surface area contributed by atoms with Gasteiger partial charge in [0.2, 0.25) is 0 Å². The molecule has 3 aromatic heterocycles. The van der Waals surface area contributed by atoms with E-state index in [4.69, 9.17) is 28.9 Å². The molecule has 0 radical (unpaired) electrons. The molecule has 0 unspecified atom stereocenters. The monoisotopic (exact) mass is 889 g/mol. The van der Waals surface area contributed by atoms with Gasteiger partial charge in [-0.05, 0) is 107 Å². The van der Waals surface area contributed by atoms with Gasteiger partial charge in [0.25, 0.3) is 0 Å². The number of hydrogen-bond acceptors (Lipinski definition) is 12. The Kier molecular flexibility index (Phi) is 10.2. The number of nitrogens with one attached hydrogen (secondary N) is 1. The number of esters is 4. The molecule has 0 fully saturated rings. The molecule has 0 spiro atoms. The van der Waals surface area contributed by atoms with Gasteiger partial charge in [0.05, 0.1) is 78.2 Å². The zero-order valence-corrected chi connectivity index (χ0v) is 36.1. The number of nitrogens with zero attached hydrogens (tertiary/aromatic N) is 4. The molecule has 15 nitrogen and oxygen atoms in total. The van der Waals surface area contributed by atoms with Gasteiger partial charge < -0.3 is 23.9 Å². The molecule has 7 aromatic rings. The van der Waals surface area contributed by atoms with Crippen molar-refractivity contribution in [3.8, 4) is 11.1 Å². The van der Waals surface area contributed by atoms with Crippen LogP contribution in [0.4, 0.5) is 0 Å². The summed E-state index contributed by atoms with van der Waals surface area (Å²) in [5.41, 5.74) is 8.28. The molecule has 67 heavy (non-hydrogen) atoms. The molecule has 0 atom stereocenters. The first-order valence-electron chi connectivity index (χ1n) is 20.7. The van der Waals surface area contributed by atoms with E-state index < -0.39 is 28.8 Å². The topological polar surface area (TPSA) is 193 Å². The van der Waals surface area contributed by atoms with Gasteiger partial charge in [0, 0.05) is 33.0 Å². The van der Waals surface area contributed by atoms with Gasteiger partial charge in [-0.15, -0.1) is 0 Å². The highest BCUT2D eigenvalue weighted by Gasteiger charge is 2.39. The number of ether oxygens (including phenoxy) is 4. The van der Waals surface area contributed by atoms with E-state index in [0.717, 1.165) is 0 Å². The lowest BCUT2D eigenvalue weighted by molar-refractivity contribution is -0.375. The van der Waals surface area contributed by atoms with Gasteiger partial charge in [-0.25, -0.2) is 29.2 Å². The predicted octanol–water partition coefficient (Wildman–Crippen LogP) is 6.26. The molecule has 4 aromatic carbocycles. The fraction of sp³-hybridized carbons (Fsp3) is 0.0769. The van der Waals surface area contributed by atoms with E-state index in [9.17, 15) is 29.3 Å². The third-order valence-electron chi connectivity index (χ3n) is 11.9. The maximum absolute atomic E-state index is 13.8. The number of carbonyl (C=O) groups is 4. The van der Waals surface area contributed by atoms with E-state index in [1.165, 1.54) is 28.4 Å². The average Bonchev–Trinajstić information content (AvgIpc) is 4.22. The van der Waals surface area contributed by atoms with Gasteiger partial charge in [-0.1, -0.05) is 48.5 Å². The van der Waals surface area contributed by atoms with Crippen LogP contribution in [0, 0.1) is 10.1 Å². The Balaban J connectivity index is 1.36. The van der Waals surface area contributed by atoms with Crippen LogP contribution in [-0.4, -0.2) is 72.3 Å². The molecule has 3 aliphatic heterocycles. The average molecular weight is 890 g/mol. The molecule has 1 N–H and O–H groups in total. The normalized spacial score (nSPS) is 13.7. The number of allylic oxidation sites excluding steroid dienone is 3. The van der Waals surface area contributed by atoms with E-state index in [1.807, 2.05) is 34.8 Å². The second-order valence-corrected chi connectivity index (χ2v) is 15.5. The summed E-state index contributed by atoms with van der Waals surface area (Å²) in [6, 6.07) is 34.3. The Hall–Kier alpha value is -9.24. The van der Waals surface area contributed by atoms with Crippen LogP contribution >= 0.6 is 0 Å². The second-order valence-electron chi connectivity index (χ2n) is 15.5. The van der Waals surface area contributed by atoms with Crippen molar-refractivity contribution < 1.29 is 43.0 Å². The molecular weight excluding hydrogens is 855 g/mol. The minimum Gasteiger partial charge on any atom is -0.465 e. The number of aliphatic imine (C=N–C) groups is 1. The third kappa shape index (κ3) is 6.84. The Morgan fingerprint density at radius 3 is 1.45 bits per heavy atom. The van der Waals surface area contributed by atoms with Crippen LogP contribution in [0.5, 0.6) is 0 Å². The minimum atomic E-state index is -0.558. The Labute approximate surface area is 379 Å². The molecule has 328 valence electrons. The van der Waals surface area contributed by atoms with Gasteiger partial charge in [-0.2, -0.15) is 0 Å². The summed E-state index contributed by atoms with van der Waals surface area (Å²) in [7, 11) is 5.19. The van der Waals surface area contributed by atoms with Crippen LogP contribution in [0.3, 0.4) is 0 Å². The number of H-pyrrole nitrogens is 1. The molecule has 0 aliphatic carbocycles. The smallest absolute Gasteiger partial charge is 0.337 e. The van der Waals surface area contributed by atoms with Crippen LogP contribution in [-0.2, 0) is 18.9 Å². The standard InChI is InChI=1S/C52H35N5O10/c1-64-49(58)31-13-5-27(6-14-31)41-35-21-23-37(53-35)42(28-7-15-32(16-8-28)50(59)65-2)39-25-26-40-44(30-11-19-34(20-12-30)52(61)67-4)45-47(57(62)63)46(55-48(45)56(39)40)43(38-24-22-36(41)54-38)29-9-17-33(18-10-29)51(60)66-3/h5-26,54H,1-4H3. The lowest BCUT2D eigenvalue weighted by Crippen LogP contribution is -2.20. The number of rotatable bonds is 9. The number of methoxy groups -OCH3 is 4. The highest BCUT2D eigenvalue weighted by Crippen LogP contribution is 2.43. The number of aromatic amines is 1. The first kappa shape index (κ1) is 41.8. The number of benzene rings is 4. The molecule has 10 rings (SSSR count). The summed E-state index contributed by atoms with van der Waals surface area (Å²) in [5, 5.41) is 14.9. The molecule has 15 heteroatoms. The van der Waals surface area contributed by atoms with Gasteiger partial charge >= 0.3 is 29.6 Å². The quantitative estimate of drug-likeness (QED) is 0.0749. The van der Waals surface area contributed by atoms with Crippen LogP contribution in [0.15, 0.2) is 155 Å². The summed E-state index contributed by atoms with van der Waals surface area (Å²) in [5.74, 6) is -2.12. The number of carbonyl (C=O) groups excluding carboxylic acids is 4. The third-order valence-corrected chi connectivity index (χ3v) is 11.9. The maximum Gasteiger partial charge on any atom is 0.337 e.